The van der Waals surface area contributed by atoms with Crippen molar-refractivity contribution in [1.29, 1.82) is 0 Å². The molecule has 5 heteroatoms. The second-order valence-electron chi connectivity index (χ2n) is 3.24. The molecule has 79 valence electrons. The number of nitrogens with zero attached hydrogens (tertiary/aromatic N) is 1. The first-order valence-corrected chi connectivity index (χ1v) is 4.33. The maximum absolute atomic E-state index is 12.9. The summed E-state index contributed by atoms with van der Waals surface area (Å²) in [7, 11) is 0. The highest BCUT2D eigenvalue weighted by Gasteiger charge is 2.29. The fourth-order valence-corrected chi connectivity index (χ4v) is 1.43. The Morgan fingerprint density at radius 1 is 1.33 bits per heavy atom. The van der Waals surface area contributed by atoms with E-state index in [-0.39, 0.29) is 12.2 Å². The lowest BCUT2D eigenvalue weighted by Crippen LogP contribution is -2.24. The Labute approximate surface area is 85.3 Å². The van der Waals surface area contributed by atoms with E-state index in [1.807, 2.05) is 0 Å². The van der Waals surface area contributed by atoms with E-state index in [1.54, 1.807) is 0 Å². The van der Waals surface area contributed by atoms with E-state index in [4.69, 9.17) is 4.74 Å². The Balaban J connectivity index is 2.33. The second-order valence-corrected chi connectivity index (χ2v) is 3.24. The van der Waals surface area contributed by atoms with Crippen molar-refractivity contribution >= 4 is 11.8 Å². The van der Waals surface area contributed by atoms with Crippen molar-refractivity contribution in [3.8, 4) is 0 Å². The molecule has 1 aliphatic heterocycles. The molecule has 1 aromatic rings. The van der Waals surface area contributed by atoms with E-state index in [2.05, 4.69) is 6.92 Å². The van der Waals surface area contributed by atoms with Crippen molar-refractivity contribution in [2.75, 3.05) is 11.4 Å². The molecule has 1 saturated heterocycles. The van der Waals surface area contributed by atoms with Gasteiger partial charge in [-0.05, 0) is 19.1 Å². The summed E-state index contributed by atoms with van der Waals surface area (Å²) < 4.78 is 30.5. The van der Waals surface area contributed by atoms with Gasteiger partial charge in [0, 0.05) is 6.07 Å². The number of anilines is 1. The number of benzene rings is 1. The molecule has 3 nitrogen and oxygen atoms in total. The standard InChI is InChI=1S/C10H8F2NO2/c1-6-5-13(10(14)15-6)9-3-7(11)2-8(12)4-9/h2-4,6H,1,5H2/t6-/m1/s1. The third-order valence-electron chi connectivity index (χ3n) is 2.03. The molecule has 0 N–H and O–H groups in total. The normalized spacial score (nSPS) is 20.6. The zero-order valence-corrected chi connectivity index (χ0v) is 7.74. The van der Waals surface area contributed by atoms with Crippen LogP contribution in [0.5, 0.6) is 0 Å². The van der Waals surface area contributed by atoms with Crippen molar-refractivity contribution in [1.82, 2.24) is 0 Å². The van der Waals surface area contributed by atoms with Gasteiger partial charge < -0.3 is 4.74 Å². The van der Waals surface area contributed by atoms with Crippen LogP contribution >= 0.6 is 0 Å². The van der Waals surface area contributed by atoms with Crippen LogP contribution in [0.15, 0.2) is 18.2 Å². The molecule has 2 rings (SSSR count). The van der Waals surface area contributed by atoms with Crippen LogP contribution < -0.4 is 4.90 Å². The van der Waals surface area contributed by atoms with Crippen molar-refractivity contribution in [3.63, 3.8) is 0 Å². The van der Waals surface area contributed by atoms with Crippen LogP contribution in [0, 0.1) is 18.6 Å². The quantitative estimate of drug-likeness (QED) is 0.713. The Morgan fingerprint density at radius 2 is 1.93 bits per heavy atom. The Morgan fingerprint density at radius 3 is 2.40 bits per heavy atom. The van der Waals surface area contributed by atoms with Gasteiger partial charge in [0.2, 0.25) is 0 Å². The van der Waals surface area contributed by atoms with E-state index >= 15 is 0 Å². The summed E-state index contributed by atoms with van der Waals surface area (Å²) in [6, 6.07) is 2.89. The van der Waals surface area contributed by atoms with Crippen LogP contribution in [-0.4, -0.2) is 18.7 Å². The van der Waals surface area contributed by atoms with Gasteiger partial charge in [0.1, 0.15) is 17.7 Å². The number of carbonyl (C=O) groups is 1. The second kappa shape index (κ2) is 3.49. The summed E-state index contributed by atoms with van der Waals surface area (Å²) in [4.78, 5) is 12.4. The first kappa shape index (κ1) is 9.89. The molecular formula is C10H8F2NO2. The molecule has 0 saturated carbocycles. The van der Waals surface area contributed by atoms with Gasteiger partial charge >= 0.3 is 6.09 Å². The van der Waals surface area contributed by atoms with E-state index in [9.17, 15) is 13.6 Å². The first-order chi connectivity index (χ1) is 7.06. The highest BCUT2D eigenvalue weighted by molar-refractivity contribution is 5.89. The fourth-order valence-electron chi connectivity index (χ4n) is 1.43. The molecule has 0 aliphatic carbocycles. The van der Waals surface area contributed by atoms with Gasteiger partial charge in [-0.25, -0.2) is 13.6 Å². The van der Waals surface area contributed by atoms with Crippen LogP contribution in [0.3, 0.4) is 0 Å². The highest BCUT2D eigenvalue weighted by Crippen LogP contribution is 2.23. The monoisotopic (exact) mass is 212 g/mol. The number of cyclic esters (lactones) is 1. The number of carbonyl (C=O) groups excluding carboxylic acids is 1. The molecule has 15 heavy (non-hydrogen) atoms. The minimum Gasteiger partial charge on any atom is -0.444 e. The minimum absolute atomic E-state index is 0.142. The van der Waals surface area contributed by atoms with Gasteiger partial charge in [0.05, 0.1) is 12.2 Å². The van der Waals surface area contributed by atoms with Gasteiger partial charge in [-0.3, -0.25) is 4.90 Å². The number of ether oxygens (including phenoxy) is 1. The molecule has 0 unspecified atom stereocenters. The van der Waals surface area contributed by atoms with Crippen LogP contribution in [0.4, 0.5) is 19.3 Å². The number of halogens is 2. The number of hydrogen-bond donors (Lipinski definition) is 0. The number of rotatable bonds is 1. The van der Waals surface area contributed by atoms with Gasteiger partial charge in [-0.1, -0.05) is 0 Å². The van der Waals surface area contributed by atoms with Crippen molar-refractivity contribution in [2.24, 2.45) is 0 Å². The lowest BCUT2D eigenvalue weighted by atomic mass is 10.2. The van der Waals surface area contributed by atoms with Crippen molar-refractivity contribution < 1.29 is 18.3 Å². The number of amides is 1. The molecule has 0 spiro atoms. The topological polar surface area (TPSA) is 29.5 Å². The summed E-state index contributed by atoms with van der Waals surface area (Å²) in [6.07, 6.45) is -1.15. The van der Waals surface area contributed by atoms with Gasteiger partial charge in [-0.2, -0.15) is 0 Å². The summed E-state index contributed by atoms with van der Waals surface area (Å²) in [5, 5.41) is 0. The predicted molar refractivity (Wildman–Crippen MR) is 49.3 cm³/mol. The van der Waals surface area contributed by atoms with Crippen LogP contribution in [0.1, 0.15) is 0 Å². The molecular weight excluding hydrogens is 204 g/mol. The summed E-state index contributed by atoms with van der Waals surface area (Å²) >= 11 is 0. The summed E-state index contributed by atoms with van der Waals surface area (Å²) in [5.74, 6) is -1.46. The SMILES string of the molecule is [CH2][C@@H]1CN(c2cc(F)cc(F)c2)C(=O)O1. The Hall–Kier alpha value is -1.65. The molecule has 1 atom stereocenters. The van der Waals surface area contributed by atoms with Crippen LogP contribution in [0.25, 0.3) is 0 Å². The van der Waals surface area contributed by atoms with Crippen molar-refractivity contribution in [2.45, 2.75) is 6.10 Å². The molecule has 1 aliphatic rings. The Bertz CT molecular complexity index is 388. The lowest BCUT2D eigenvalue weighted by molar-refractivity contribution is 0.159. The van der Waals surface area contributed by atoms with E-state index in [0.29, 0.717) is 0 Å². The predicted octanol–water partition coefficient (Wildman–Crippen LogP) is 2.12. The maximum Gasteiger partial charge on any atom is 0.414 e. The summed E-state index contributed by atoms with van der Waals surface area (Å²) in [6.45, 7) is 3.73. The van der Waals surface area contributed by atoms with Crippen LogP contribution in [-0.2, 0) is 4.74 Å². The average Bonchev–Trinajstić information content (AvgIpc) is 2.43. The largest absolute Gasteiger partial charge is 0.444 e. The first-order valence-electron chi connectivity index (χ1n) is 4.33. The molecule has 1 fully saturated rings. The van der Waals surface area contributed by atoms with Crippen LogP contribution in [0.2, 0.25) is 0 Å². The molecule has 1 amide bonds. The van der Waals surface area contributed by atoms with E-state index in [0.717, 1.165) is 23.1 Å². The highest BCUT2D eigenvalue weighted by atomic mass is 19.1. The third kappa shape index (κ3) is 1.91. The molecule has 1 heterocycles. The zero-order valence-electron chi connectivity index (χ0n) is 7.74. The van der Waals surface area contributed by atoms with Gasteiger partial charge in [0.25, 0.3) is 0 Å². The van der Waals surface area contributed by atoms with E-state index < -0.39 is 23.8 Å². The lowest BCUT2D eigenvalue weighted by Gasteiger charge is -2.12. The smallest absolute Gasteiger partial charge is 0.414 e. The average molecular weight is 212 g/mol. The van der Waals surface area contributed by atoms with Gasteiger partial charge in [0.15, 0.2) is 0 Å². The molecule has 1 radical (unpaired) electrons. The van der Waals surface area contributed by atoms with Gasteiger partial charge in [-0.15, -0.1) is 0 Å². The number of hydrogen-bond acceptors (Lipinski definition) is 2. The third-order valence-corrected chi connectivity index (χ3v) is 2.03. The van der Waals surface area contributed by atoms with Crippen molar-refractivity contribution in [3.05, 3.63) is 36.8 Å². The molecule has 0 aromatic heterocycles. The Kier molecular flexibility index (Phi) is 2.30. The fraction of sp³-hybridized carbons (Fsp3) is 0.200. The zero-order chi connectivity index (χ0) is 11.0. The minimum atomic E-state index is -0.731. The van der Waals surface area contributed by atoms with E-state index in [1.165, 1.54) is 0 Å². The summed E-state index contributed by atoms with van der Waals surface area (Å²) in [5.41, 5.74) is 0.142. The molecule has 0 bridgehead atoms. The maximum atomic E-state index is 12.9. The molecule has 1 aromatic carbocycles.